The number of nitrogens with zero attached hydrogens (tertiary/aromatic N) is 3. The molecule has 0 aromatic heterocycles. The molecule has 1 spiro atoms. The third-order valence-corrected chi connectivity index (χ3v) is 3.76. The molecule has 84 valence electrons. The number of rotatable bonds is 2. The van der Waals surface area contributed by atoms with Crippen molar-refractivity contribution in [1.29, 1.82) is 0 Å². The van der Waals surface area contributed by atoms with Crippen LogP contribution in [0.1, 0.15) is 26.7 Å². The summed E-state index contributed by atoms with van der Waals surface area (Å²) in [6, 6.07) is 0. The van der Waals surface area contributed by atoms with Crippen LogP contribution in [-0.4, -0.2) is 31.0 Å². The molecule has 0 unspecified atom stereocenters. The predicted octanol–water partition coefficient (Wildman–Crippen LogP) is 2.27. The Hall–Kier alpha value is -0.770. The highest BCUT2D eigenvalue weighted by atomic mass is 16.6. The summed E-state index contributed by atoms with van der Waals surface area (Å²) in [5, 5.41) is 3.57. The van der Waals surface area contributed by atoms with Crippen LogP contribution in [0.3, 0.4) is 0 Å². The van der Waals surface area contributed by atoms with Crippen LogP contribution in [0, 0.1) is 5.92 Å². The minimum absolute atomic E-state index is 0.0808. The summed E-state index contributed by atoms with van der Waals surface area (Å²) in [5.41, 5.74) is 8.14. The van der Waals surface area contributed by atoms with Crippen LogP contribution in [-0.2, 0) is 9.47 Å². The lowest BCUT2D eigenvalue weighted by Gasteiger charge is -2.28. The van der Waals surface area contributed by atoms with E-state index in [4.69, 9.17) is 15.0 Å². The van der Waals surface area contributed by atoms with Gasteiger partial charge < -0.3 is 9.47 Å². The second kappa shape index (κ2) is 4.00. The summed E-state index contributed by atoms with van der Waals surface area (Å²) < 4.78 is 11.6. The van der Waals surface area contributed by atoms with Crippen molar-refractivity contribution in [2.75, 3.05) is 13.2 Å². The summed E-state index contributed by atoms with van der Waals surface area (Å²) in [6.07, 6.45) is 2.34. The van der Waals surface area contributed by atoms with E-state index < -0.39 is 0 Å². The molecule has 0 amide bonds. The molecular formula is C10H17N3O2. The van der Waals surface area contributed by atoms with Gasteiger partial charge in [0.15, 0.2) is 0 Å². The van der Waals surface area contributed by atoms with Crippen LogP contribution < -0.4 is 0 Å². The van der Waals surface area contributed by atoms with Gasteiger partial charge in [-0.25, -0.2) is 0 Å². The average Bonchev–Trinajstić information content (AvgIpc) is 2.77. The monoisotopic (exact) mass is 211 g/mol. The van der Waals surface area contributed by atoms with Crippen LogP contribution in [0.4, 0.5) is 0 Å². The summed E-state index contributed by atoms with van der Waals surface area (Å²) in [5.74, 6) is 0.425. The fourth-order valence-electron chi connectivity index (χ4n) is 2.53. The van der Waals surface area contributed by atoms with Crippen LogP contribution in [0.15, 0.2) is 5.11 Å². The largest absolute Gasteiger partial charge is 0.375 e. The van der Waals surface area contributed by atoms with Crippen LogP contribution in [0.25, 0.3) is 10.4 Å². The minimum Gasteiger partial charge on any atom is -0.375 e. The van der Waals surface area contributed by atoms with E-state index in [1.165, 1.54) is 0 Å². The smallest absolute Gasteiger partial charge is 0.0969 e. The van der Waals surface area contributed by atoms with E-state index >= 15 is 0 Å². The highest BCUT2D eigenvalue weighted by molar-refractivity contribution is 4.99. The lowest BCUT2D eigenvalue weighted by atomic mass is 9.86. The number of hydrogen-bond donors (Lipinski definition) is 0. The van der Waals surface area contributed by atoms with Gasteiger partial charge in [0.2, 0.25) is 0 Å². The second-order valence-electron chi connectivity index (χ2n) is 4.56. The highest BCUT2D eigenvalue weighted by Gasteiger charge is 2.50. The van der Waals surface area contributed by atoms with Crippen molar-refractivity contribution < 1.29 is 9.47 Å². The molecule has 4 atom stereocenters. The second-order valence-corrected chi connectivity index (χ2v) is 4.56. The molecule has 2 heterocycles. The maximum atomic E-state index is 8.26. The average molecular weight is 211 g/mol. The molecule has 0 saturated carbocycles. The topological polar surface area (TPSA) is 67.2 Å². The van der Waals surface area contributed by atoms with Gasteiger partial charge in [0.25, 0.3) is 0 Å². The van der Waals surface area contributed by atoms with Gasteiger partial charge >= 0.3 is 0 Å². The van der Waals surface area contributed by atoms with Gasteiger partial charge in [-0.1, -0.05) is 12.0 Å². The van der Waals surface area contributed by atoms with E-state index in [2.05, 4.69) is 23.9 Å². The zero-order valence-corrected chi connectivity index (χ0v) is 9.22. The predicted molar refractivity (Wildman–Crippen MR) is 55.4 cm³/mol. The van der Waals surface area contributed by atoms with Gasteiger partial charge in [0.1, 0.15) is 0 Å². The Morgan fingerprint density at radius 1 is 1.53 bits per heavy atom. The third kappa shape index (κ3) is 1.83. The molecule has 2 aliphatic heterocycles. The Bertz CT molecular complexity index is 290. The van der Waals surface area contributed by atoms with E-state index in [1.807, 2.05) is 0 Å². The molecule has 2 aliphatic rings. The first-order valence-electron chi connectivity index (χ1n) is 5.48. The standard InChI is InChI=1S/C10H17N3O2/c1-7-8(2)14-6-10(7)4-3-9(15-10)5-12-13-11/h7-9H,3-6H2,1-2H3/t7-,8+,9+,10-/m1/s1. The van der Waals surface area contributed by atoms with Crippen molar-refractivity contribution in [2.24, 2.45) is 11.0 Å². The van der Waals surface area contributed by atoms with Crippen LogP contribution >= 0.6 is 0 Å². The Morgan fingerprint density at radius 2 is 2.33 bits per heavy atom. The maximum Gasteiger partial charge on any atom is 0.0969 e. The van der Waals surface area contributed by atoms with Gasteiger partial charge in [-0.15, -0.1) is 0 Å². The number of azide groups is 1. The third-order valence-electron chi connectivity index (χ3n) is 3.76. The maximum absolute atomic E-state index is 8.26. The van der Waals surface area contributed by atoms with Gasteiger partial charge in [0, 0.05) is 10.8 Å². The summed E-state index contributed by atoms with van der Waals surface area (Å²) in [6.45, 7) is 5.39. The molecule has 0 aromatic rings. The Morgan fingerprint density at radius 3 is 2.93 bits per heavy atom. The summed E-state index contributed by atoms with van der Waals surface area (Å²) in [7, 11) is 0. The molecular weight excluding hydrogens is 194 g/mol. The molecule has 5 nitrogen and oxygen atoms in total. The van der Waals surface area contributed by atoms with E-state index in [0.29, 0.717) is 19.1 Å². The van der Waals surface area contributed by atoms with Gasteiger partial charge in [-0.05, 0) is 25.3 Å². The van der Waals surface area contributed by atoms with Crippen molar-refractivity contribution in [3.8, 4) is 0 Å². The zero-order valence-electron chi connectivity index (χ0n) is 9.22. The highest BCUT2D eigenvalue weighted by Crippen LogP contribution is 2.43. The Balaban J connectivity index is 1.99. The fraction of sp³-hybridized carbons (Fsp3) is 1.00. The van der Waals surface area contributed by atoms with Crippen LogP contribution in [0.2, 0.25) is 0 Å². The first-order valence-corrected chi connectivity index (χ1v) is 5.48. The fourth-order valence-corrected chi connectivity index (χ4v) is 2.53. The van der Waals surface area contributed by atoms with Gasteiger partial charge in [-0.3, -0.25) is 0 Å². The summed E-state index contributed by atoms with van der Waals surface area (Å²) in [4.78, 5) is 2.76. The molecule has 0 bridgehead atoms. The van der Waals surface area contributed by atoms with Crippen molar-refractivity contribution in [3.05, 3.63) is 10.4 Å². The van der Waals surface area contributed by atoms with Gasteiger partial charge in [-0.2, -0.15) is 0 Å². The van der Waals surface area contributed by atoms with E-state index in [1.54, 1.807) is 0 Å². The molecule has 2 fully saturated rings. The van der Waals surface area contributed by atoms with E-state index in [0.717, 1.165) is 12.8 Å². The first kappa shape index (κ1) is 10.7. The summed E-state index contributed by atoms with van der Waals surface area (Å²) >= 11 is 0. The van der Waals surface area contributed by atoms with E-state index in [9.17, 15) is 0 Å². The van der Waals surface area contributed by atoms with Crippen molar-refractivity contribution in [3.63, 3.8) is 0 Å². The number of hydrogen-bond acceptors (Lipinski definition) is 3. The quantitative estimate of drug-likeness (QED) is 0.399. The molecule has 0 aromatic carbocycles. The SMILES string of the molecule is C[C@@H]1OC[C@]2(CC[C@@H](CN=[N+]=[N-])O2)[C@@H]1C. The molecule has 15 heavy (non-hydrogen) atoms. The normalized spacial score (nSPS) is 44.5. The van der Waals surface area contributed by atoms with Crippen LogP contribution in [0.5, 0.6) is 0 Å². The molecule has 0 N–H and O–H groups in total. The van der Waals surface area contributed by atoms with Gasteiger partial charge in [0.05, 0.1) is 31.0 Å². The minimum atomic E-state index is -0.116. The van der Waals surface area contributed by atoms with Crippen molar-refractivity contribution >= 4 is 0 Å². The van der Waals surface area contributed by atoms with Crippen molar-refractivity contribution in [2.45, 2.75) is 44.5 Å². The molecule has 2 saturated heterocycles. The first-order chi connectivity index (χ1) is 7.18. The molecule has 5 heteroatoms. The molecule has 0 radical (unpaired) electrons. The number of ether oxygens (including phenoxy) is 2. The van der Waals surface area contributed by atoms with E-state index in [-0.39, 0.29) is 17.8 Å². The lowest BCUT2D eigenvalue weighted by molar-refractivity contribution is -0.0586. The molecule has 0 aliphatic carbocycles. The molecule has 2 rings (SSSR count). The zero-order chi connectivity index (χ0) is 10.9. The lowest BCUT2D eigenvalue weighted by Crippen LogP contribution is -2.37. The Labute approximate surface area is 89.4 Å². The Kier molecular flexibility index (Phi) is 2.87. The van der Waals surface area contributed by atoms with Crippen molar-refractivity contribution in [1.82, 2.24) is 0 Å².